The van der Waals surface area contributed by atoms with Crippen molar-refractivity contribution in [3.05, 3.63) is 90.1 Å². The number of nitrogens with one attached hydrogen (secondary N) is 5. The molecule has 2 aliphatic heterocycles. The van der Waals surface area contributed by atoms with E-state index in [9.17, 15) is 24.0 Å². The highest BCUT2D eigenvalue weighted by Gasteiger charge is 2.51. The Morgan fingerprint density at radius 3 is 2.09 bits per heavy atom. The number of terminal acetylenes is 1. The number of hydrogen-bond donors (Lipinski definition) is 5. The molecule has 0 unspecified atom stereocenters. The van der Waals surface area contributed by atoms with Crippen molar-refractivity contribution in [1.82, 2.24) is 25.4 Å². The number of urea groups is 2. The van der Waals surface area contributed by atoms with E-state index in [1.165, 1.54) is 11.1 Å². The number of fused-ring (bicyclic) bond motifs is 1. The first-order valence-corrected chi connectivity index (χ1v) is 19.6. The topological polar surface area (TPSA) is 174 Å². The van der Waals surface area contributed by atoms with Gasteiger partial charge < -0.3 is 45.4 Å². The molecule has 6 rings (SSSR count). The van der Waals surface area contributed by atoms with Crippen molar-refractivity contribution in [2.24, 2.45) is 0 Å². The van der Waals surface area contributed by atoms with E-state index in [0.29, 0.717) is 40.9 Å². The maximum Gasteiger partial charge on any atom is 0.494 e. The van der Waals surface area contributed by atoms with Crippen LogP contribution in [-0.2, 0) is 14.1 Å². The van der Waals surface area contributed by atoms with Gasteiger partial charge in [-0.15, -0.1) is 6.42 Å². The van der Waals surface area contributed by atoms with Crippen LogP contribution in [0.4, 0.5) is 21.0 Å². The molecule has 0 radical (unpaired) electrons. The lowest BCUT2D eigenvalue weighted by atomic mass is 9.79. The molecular formula is C43H50BN7O7. The van der Waals surface area contributed by atoms with E-state index in [1.807, 2.05) is 58.0 Å². The summed E-state index contributed by atoms with van der Waals surface area (Å²) in [6.07, 6.45) is 10.5. The van der Waals surface area contributed by atoms with Crippen LogP contribution in [0.5, 0.6) is 0 Å². The van der Waals surface area contributed by atoms with E-state index >= 15 is 0 Å². The van der Waals surface area contributed by atoms with Crippen LogP contribution in [0.2, 0.25) is 0 Å². The molecule has 14 nitrogen and oxygen atoms in total. The number of amides is 6. The van der Waals surface area contributed by atoms with Crippen molar-refractivity contribution in [2.45, 2.75) is 70.6 Å². The number of unbranched alkanes of at least 4 members (excludes halogenated alkanes) is 3. The lowest BCUT2D eigenvalue weighted by molar-refractivity contribution is -0.129. The zero-order valence-electron chi connectivity index (χ0n) is 33.4. The number of carbonyl (C=O) groups excluding carboxylic acids is 5. The normalized spacial score (nSPS) is 17.0. The summed E-state index contributed by atoms with van der Waals surface area (Å²) >= 11 is 0. The Morgan fingerprint density at radius 1 is 0.810 bits per heavy atom. The standard InChI is InChI=1S/C43H50BN7O7/c1-6-32-28-50(38(53)29-15-10-9-11-16-29)25-26-51(32)39(54)37(52)34-27-47-36-33(34)17-14-18-35(36)49-41(56)46-24-13-8-7-12-23-45-40(55)48-31-21-19-30(20-22-31)44-57-42(2,3)43(4,5)58-44/h1,9-11,14-22,27,32,47H,7-8,12-13,23-26,28H2,2-5H3,(H2,45,48,55)(H2,46,49,56)/t32-/m1/s1. The second kappa shape index (κ2) is 18.0. The quantitative estimate of drug-likeness (QED) is 0.0410. The molecule has 5 N–H and O–H groups in total. The van der Waals surface area contributed by atoms with Crippen LogP contribution in [-0.4, -0.2) is 102 Å². The molecule has 0 saturated carbocycles. The Balaban J connectivity index is 0.887. The molecule has 58 heavy (non-hydrogen) atoms. The van der Waals surface area contributed by atoms with Gasteiger partial charge in [-0.1, -0.05) is 61.2 Å². The Bertz CT molecular complexity index is 2170. The van der Waals surface area contributed by atoms with E-state index in [-0.39, 0.29) is 37.1 Å². The fourth-order valence-corrected chi connectivity index (χ4v) is 6.86. The molecule has 3 aromatic carbocycles. The van der Waals surface area contributed by atoms with Crippen molar-refractivity contribution in [3.63, 3.8) is 0 Å². The molecule has 2 aliphatic rings. The van der Waals surface area contributed by atoms with Gasteiger partial charge in [-0.2, -0.15) is 0 Å². The number of benzene rings is 3. The van der Waals surface area contributed by atoms with Gasteiger partial charge in [-0.05, 0) is 76.3 Å². The number of ketones is 1. The minimum Gasteiger partial charge on any atom is -0.399 e. The summed E-state index contributed by atoms with van der Waals surface area (Å²) in [6, 6.07) is 19.9. The highest BCUT2D eigenvalue weighted by molar-refractivity contribution is 6.62. The molecule has 0 spiro atoms. The Hall–Kier alpha value is -6.11. The van der Waals surface area contributed by atoms with Crippen LogP contribution in [0.1, 0.15) is 74.1 Å². The average Bonchev–Trinajstić information content (AvgIpc) is 3.75. The monoisotopic (exact) mass is 787 g/mol. The van der Waals surface area contributed by atoms with Gasteiger partial charge in [0.25, 0.3) is 17.6 Å². The number of para-hydroxylation sites is 1. The maximum atomic E-state index is 13.5. The SMILES string of the molecule is C#C[C@@H]1CN(C(=O)c2ccccc2)CCN1C(=O)C(=O)c1c[nH]c2c(NC(=O)NCCCCCCNC(=O)Nc3ccc(B4OC(C)(C)C(C)(C)O4)cc3)cccc12. The van der Waals surface area contributed by atoms with Crippen molar-refractivity contribution >= 4 is 64.5 Å². The molecular weight excluding hydrogens is 737 g/mol. The van der Waals surface area contributed by atoms with Crippen LogP contribution < -0.4 is 26.7 Å². The molecule has 2 fully saturated rings. The second-order valence-electron chi connectivity index (χ2n) is 15.4. The summed E-state index contributed by atoms with van der Waals surface area (Å²) in [5.41, 5.74) is 2.31. The lowest BCUT2D eigenvalue weighted by Crippen LogP contribution is -2.57. The van der Waals surface area contributed by atoms with E-state index < -0.39 is 42.1 Å². The molecule has 302 valence electrons. The molecule has 1 aromatic heterocycles. The first-order valence-electron chi connectivity index (χ1n) is 19.6. The van der Waals surface area contributed by atoms with Gasteiger partial charge in [0.05, 0.1) is 34.5 Å². The van der Waals surface area contributed by atoms with Crippen LogP contribution in [0, 0.1) is 12.3 Å². The highest BCUT2D eigenvalue weighted by atomic mass is 16.7. The Morgan fingerprint density at radius 2 is 1.45 bits per heavy atom. The summed E-state index contributed by atoms with van der Waals surface area (Å²) in [7, 11) is -0.465. The van der Waals surface area contributed by atoms with Gasteiger partial charge in [-0.25, -0.2) is 9.59 Å². The van der Waals surface area contributed by atoms with Crippen molar-refractivity contribution in [2.75, 3.05) is 43.4 Å². The Labute approximate surface area is 338 Å². The molecule has 1 atom stereocenters. The van der Waals surface area contributed by atoms with E-state index in [1.54, 1.807) is 47.4 Å². The molecule has 4 aromatic rings. The van der Waals surface area contributed by atoms with Gasteiger partial charge >= 0.3 is 19.2 Å². The fraction of sp³-hybridized carbons (Fsp3) is 0.372. The molecule has 2 saturated heterocycles. The third kappa shape index (κ3) is 9.53. The van der Waals surface area contributed by atoms with Crippen LogP contribution >= 0.6 is 0 Å². The van der Waals surface area contributed by atoms with Crippen LogP contribution in [0.25, 0.3) is 10.9 Å². The van der Waals surface area contributed by atoms with Crippen LogP contribution in [0.3, 0.4) is 0 Å². The number of hydrogen-bond acceptors (Lipinski definition) is 7. The second-order valence-corrected chi connectivity index (χ2v) is 15.4. The number of aromatic nitrogens is 1. The van der Waals surface area contributed by atoms with Crippen molar-refractivity contribution in [3.8, 4) is 12.3 Å². The first-order chi connectivity index (χ1) is 27.8. The minimum atomic E-state index is -0.766. The van der Waals surface area contributed by atoms with E-state index in [4.69, 9.17) is 15.7 Å². The smallest absolute Gasteiger partial charge is 0.399 e. The number of nitrogens with zero attached hydrogens (tertiary/aromatic N) is 2. The summed E-state index contributed by atoms with van der Waals surface area (Å²) in [5, 5.41) is 11.9. The summed E-state index contributed by atoms with van der Waals surface area (Å²) in [4.78, 5) is 71.1. The number of piperazine rings is 1. The lowest BCUT2D eigenvalue weighted by Gasteiger charge is -2.38. The van der Waals surface area contributed by atoms with Gasteiger partial charge in [0.1, 0.15) is 6.04 Å². The fourth-order valence-electron chi connectivity index (χ4n) is 6.86. The zero-order chi connectivity index (χ0) is 41.5. The van der Waals surface area contributed by atoms with Gasteiger partial charge in [0, 0.05) is 49.0 Å². The van der Waals surface area contributed by atoms with Crippen molar-refractivity contribution < 1.29 is 33.3 Å². The van der Waals surface area contributed by atoms with E-state index in [2.05, 4.69) is 32.2 Å². The maximum absolute atomic E-state index is 13.5. The first kappa shape index (κ1) is 41.5. The number of aromatic amines is 1. The number of rotatable bonds is 13. The van der Waals surface area contributed by atoms with E-state index in [0.717, 1.165) is 31.1 Å². The molecule has 0 aliphatic carbocycles. The molecule has 3 heterocycles. The number of anilines is 2. The number of Topliss-reactive ketones (excluding diaryl/α,β-unsaturated/α-hetero) is 1. The highest BCUT2D eigenvalue weighted by Crippen LogP contribution is 2.36. The average molecular weight is 788 g/mol. The predicted molar refractivity (Wildman–Crippen MR) is 224 cm³/mol. The predicted octanol–water partition coefficient (Wildman–Crippen LogP) is 5.14. The van der Waals surface area contributed by atoms with Gasteiger partial charge in [0.2, 0.25) is 0 Å². The summed E-state index contributed by atoms with van der Waals surface area (Å²) < 4.78 is 12.2. The third-order valence-corrected chi connectivity index (χ3v) is 10.9. The molecule has 6 amide bonds. The van der Waals surface area contributed by atoms with Gasteiger partial charge in [-0.3, -0.25) is 14.4 Å². The minimum absolute atomic E-state index is 0.110. The Kier molecular flexibility index (Phi) is 12.9. The summed E-state index contributed by atoms with van der Waals surface area (Å²) in [6.45, 7) is 9.45. The zero-order valence-corrected chi connectivity index (χ0v) is 33.4. The van der Waals surface area contributed by atoms with Crippen molar-refractivity contribution in [1.29, 1.82) is 0 Å². The number of carbonyl (C=O) groups is 5. The number of H-pyrrole nitrogens is 1. The molecule has 0 bridgehead atoms. The van der Waals surface area contributed by atoms with Gasteiger partial charge in [0.15, 0.2) is 0 Å². The third-order valence-electron chi connectivity index (χ3n) is 10.9. The summed E-state index contributed by atoms with van der Waals surface area (Å²) in [5.74, 6) is 0.882. The van der Waals surface area contributed by atoms with Crippen LogP contribution in [0.15, 0.2) is 79.0 Å². The molecule has 15 heteroatoms. The largest absolute Gasteiger partial charge is 0.494 e.